The average molecular weight is 167 g/mol. The van der Waals surface area contributed by atoms with Gasteiger partial charge < -0.3 is 0 Å². The maximum Gasteiger partial charge on any atom is 0.213 e. The quantitative estimate of drug-likeness (QED) is 0.541. The third kappa shape index (κ3) is 2.03. The van der Waals surface area contributed by atoms with Gasteiger partial charge in [0, 0.05) is 11.1 Å². The number of aryl methyl sites for hydroxylation is 1. The van der Waals surface area contributed by atoms with E-state index in [0.29, 0.717) is 0 Å². The van der Waals surface area contributed by atoms with Crippen LogP contribution in [-0.2, 0) is 5.41 Å². The number of halogens is 1. The van der Waals surface area contributed by atoms with Crippen LogP contribution in [-0.4, -0.2) is 4.98 Å². The molecule has 0 aromatic carbocycles. The van der Waals surface area contributed by atoms with Crippen molar-refractivity contribution in [3.63, 3.8) is 0 Å². The highest BCUT2D eigenvalue weighted by atomic mass is 19.1. The number of aromatic nitrogens is 1. The minimum absolute atomic E-state index is 0.0765. The van der Waals surface area contributed by atoms with Crippen molar-refractivity contribution >= 4 is 0 Å². The first kappa shape index (κ1) is 9.17. The monoisotopic (exact) mass is 167 g/mol. The zero-order valence-corrected chi connectivity index (χ0v) is 7.98. The molecule has 0 radical (unpaired) electrons. The molecule has 1 nitrogen and oxygen atoms in total. The molecule has 1 heterocycles. The van der Waals surface area contributed by atoms with Crippen molar-refractivity contribution in [2.45, 2.75) is 33.1 Å². The molecule has 1 aromatic heterocycles. The first-order chi connectivity index (χ1) is 5.39. The van der Waals surface area contributed by atoms with E-state index >= 15 is 0 Å². The molecule has 0 N–H and O–H groups in total. The lowest BCUT2D eigenvalue weighted by atomic mass is 9.91. The van der Waals surface area contributed by atoms with Crippen molar-refractivity contribution in [3.05, 3.63) is 29.3 Å². The summed E-state index contributed by atoms with van der Waals surface area (Å²) in [5, 5.41) is 0. The van der Waals surface area contributed by atoms with Crippen LogP contribution in [0.5, 0.6) is 0 Å². The van der Waals surface area contributed by atoms with Gasteiger partial charge in [0.1, 0.15) is 0 Å². The summed E-state index contributed by atoms with van der Waals surface area (Å²) in [4.78, 5) is 3.84. The largest absolute Gasteiger partial charge is 0.224 e. The number of hydrogen-bond donors (Lipinski definition) is 0. The Morgan fingerprint density at radius 3 is 2.25 bits per heavy atom. The fourth-order valence-corrected chi connectivity index (χ4v) is 1.01. The van der Waals surface area contributed by atoms with Gasteiger partial charge in [-0.3, -0.25) is 0 Å². The Hall–Kier alpha value is -0.920. The van der Waals surface area contributed by atoms with Gasteiger partial charge in [-0.2, -0.15) is 4.39 Å². The van der Waals surface area contributed by atoms with Crippen molar-refractivity contribution in [2.75, 3.05) is 0 Å². The van der Waals surface area contributed by atoms with Crippen molar-refractivity contribution in [1.29, 1.82) is 0 Å². The predicted octanol–water partition coefficient (Wildman–Crippen LogP) is 2.83. The van der Waals surface area contributed by atoms with Crippen LogP contribution in [0.2, 0.25) is 0 Å². The van der Waals surface area contributed by atoms with E-state index in [1.54, 1.807) is 0 Å². The van der Waals surface area contributed by atoms with E-state index in [9.17, 15) is 4.39 Å². The fraction of sp³-hybridized carbons (Fsp3) is 0.500. The third-order valence-electron chi connectivity index (χ3n) is 1.71. The van der Waals surface area contributed by atoms with Crippen molar-refractivity contribution in [3.8, 4) is 0 Å². The van der Waals surface area contributed by atoms with E-state index in [-0.39, 0.29) is 11.4 Å². The lowest BCUT2D eigenvalue weighted by Crippen LogP contribution is -2.14. The van der Waals surface area contributed by atoms with Crippen LogP contribution in [0.4, 0.5) is 4.39 Å². The van der Waals surface area contributed by atoms with Gasteiger partial charge in [0.05, 0.1) is 0 Å². The van der Waals surface area contributed by atoms with Gasteiger partial charge in [-0.05, 0) is 24.6 Å². The van der Waals surface area contributed by atoms with Gasteiger partial charge in [-0.15, -0.1) is 0 Å². The highest BCUT2D eigenvalue weighted by Crippen LogP contribution is 2.20. The van der Waals surface area contributed by atoms with Gasteiger partial charge in [0.2, 0.25) is 5.95 Å². The zero-order valence-electron chi connectivity index (χ0n) is 7.98. The summed E-state index contributed by atoms with van der Waals surface area (Å²) >= 11 is 0. The summed E-state index contributed by atoms with van der Waals surface area (Å²) in [5.41, 5.74) is 1.65. The molecule has 0 aliphatic carbocycles. The second kappa shape index (κ2) is 2.85. The number of rotatable bonds is 0. The second-order valence-corrected chi connectivity index (χ2v) is 4.10. The molecule has 0 spiro atoms. The van der Waals surface area contributed by atoms with E-state index in [1.807, 2.05) is 33.8 Å². The van der Waals surface area contributed by atoms with E-state index in [1.165, 1.54) is 6.07 Å². The van der Waals surface area contributed by atoms with Crippen LogP contribution < -0.4 is 0 Å². The molecule has 0 amide bonds. The molecule has 1 aromatic rings. The highest BCUT2D eigenvalue weighted by molar-refractivity contribution is 5.20. The molecule has 2 heteroatoms. The van der Waals surface area contributed by atoms with E-state index < -0.39 is 0 Å². The Balaban J connectivity index is 3.18. The summed E-state index contributed by atoms with van der Waals surface area (Å²) in [5.74, 6) is -0.389. The summed E-state index contributed by atoms with van der Waals surface area (Å²) in [7, 11) is 0. The second-order valence-electron chi connectivity index (χ2n) is 4.10. The molecule has 0 aliphatic heterocycles. The average Bonchev–Trinajstić information content (AvgIpc) is 1.82. The molecule has 66 valence electrons. The minimum atomic E-state index is -0.389. The van der Waals surface area contributed by atoms with E-state index in [2.05, 4.69) is 4.98 Å². The standard InChI is InChI=1S/C10H14FN/c1-7-5-8(10(2,3)4)12-9(11)6-7/h5-6H,1-4H3. The summed E-state index contributed by atoms with van der Waals surface area (Å²) in [6.07, 6.45) is 0. The molecular formula is C10H14FN. The molecular weight excluding hydrogens is 153 g/mol. The SMILES string of the molecule is Cc1cc(F)nc(C(C)(C)C)c1. The topological polar surface area (TPSA) is 12.9 Å². The lowest BCUT2D eigenvalue weighted by molar-refractivity contribution is 0.522. The number of pyridine rings is 1. The zero-order chi connectivity index (χ0) is 9.35. The first-order valence-electron chi connectivity index (χ1n) is 4.04. The molecule has 0 atom stereocenters. The summed E-state index contributed by atoms with van der Waals surface area (Å²) in [6.45, 7) is 7.94. The van der Waals surface area contributed by atoms with Gasteiger partial charge in [0.25, 0.3) is 0 Å². The molecule has 1 rings (SSSR count). The fourth-order valence-electron chi connectivity index (χ4n) is 1.01. The molecule has 0 fully saturated rings. The minimum Gasteiger partial charge on any atom is -0.224 e. The van der Waals surface area contributed by atoms with Gasteiger partial charge >= 0.3 is 0 Å². The van der Waals surface area contributed by atoms with Crippen LogP contribution in [0, 0.1) is 12.9 Å². The summed E-state index contributed by atoms with van der Waals surface area (Å²) in [6, 6.07) is 3.36. The molecule has 0 aliphatic rings. The first-order valence-corrected chi connectivity index (χ1v) is 4.04. The molecule has 0 unspecified atom stereocenters. The van der Waals surface area contributed by atoms with Crippen molar-refractivity contribution < 1.29 is 4.39 Å². The van der Waals surface area contributed by atoms with Crippen LogP contribution in [0.15, 0.2) is 12.1 Å². The Bertz CT molecular complexity index is 266. The lowest BCUT2D eigenvalue weighted by Gasteiger charge is -2.17. The van der Waals surface area contributed by atoms with Crippen molar-refractivity contribution in [2.24, 2.45) is 0 Å². The molecule has 0 saturated carbocycles. The van der Waals surface area contributed by atoms with Gasteiger partial charge in [-0.25, -0.2) is 4.98 Å². The van der Waals surface area contributed by atoms with Gasteiger partial charge in [-0.1, -0.05) is 20.8 Å². The predicted molar refractivity (Wildman–Crippen MR) is 47.6 cm³/mol. The van der Waals surface area contributed by atoms with Crippen molar-refractivity contribution in [1.82, 2.24) is 4.98 Å². The van der Waals surface area contributed by atoms with Gasteiger partial charge in [0.15, 0.2) is 0 Å². The highest BCUT2D eigenvalue weighted by Gasteiger charge is 2.16. The number of nitrogens with zero attached hydrogens (tertiary/aromatic N) is 1. The normalized spacial score (nSPS) is 11.8. The van der Waals surface area contributed by atoms with Crippen LogP contribution in [0.3, 0.4) is 0 Å². The van der Waals surface area contributed by atoms with Crippen LogP contribution in [0.1, 0.15) is 32.0 Å². The van der Waals surface area contributed by atoms with E-state index in [4.69, 9.17) is 0 Å². The molecule has 0 bridgehead atoms. The Morgan fingerprint density at radius 1 is 1.25 bits per heavy atom. The Kier molecular flexibility index (Phi) is 2.18. The van der Waals surface area contributed by atoms with Crippen LogP contribution >= 0.6 is 0 Å². The third-order valence-corrected chi connectivity index (χ3v) is 1.71. The Morgan fingerprint density at radius 2 is 1.83 bits per heavy atom. The van der Waals surface area contributed by atoms with Crippen LogP contribution in [0.25, 0.3) is 0 Å². The maximum atomic E-state index is 12.8. The summed E-state index contributed by atoms with van der Waals surface area (Å²) < 4.78 is 12.8. The smallest absolute Gasteiger partial charge is 0.213 e. The molecule has 12 heavy (non-hydrogen) atoms. The van der Waals surface area contributed by atoms with E-state index in [0.717, 1.165) is 11.3 Å². The molecule has 0 saturated heterocycles. The Labute approximate surface area is 72.6 Å². The number of hydrogen-bond acceptors (Lipinski definition) is 1. The maximum absolute atomic E-state index is 12.8.